The van der Waals surface area contributed by atoms with Crippen LogP contribution in [0.3, 0.4) is 0 Å². The summed E-state index contributed by atoms with van der Waals surface area (Å²) in [6, 6.07) is 0. The van der Waals surface area contributed by atoms with Crippen molar-refractivity contribution < 1.29 is 22.7 Å². The molecule has 2 aromatic heterocycles. The van der Waals surface area contributed by atoms with E-state index in [1.54, 1.807) is 11.5 Å². The Morgan fingerprint density at radius 3 is 2.65 bits per heavy atom. The summed E-state index contributed by atoms with van der Waals surface area (Å²) in [6.45, 7) is 4.52. The van der Waals surface area contributed by atoms with E-state index in [0.717, 1.165) is 37.9 Å². The maximum absolute atomic E-state index is 13.0. The number of carbonyl (C=O) groups excluding carboxylic acids is 1. The number of ether oxygens (including phenoxy) is 1. The second kappa shape index (κ2) is 9.61. The van der Waals surface area contributed by atoms with E-state index in [1.165, 1.54) is 11.6 Å². The highest BCUT2D eigenvalue weighted by Gasteiger charge is 2.40. The van der Waals surface area contributed by atoms with Gasteiger partial charge < -0.3 is 15.0 Å². The third-order valence-electron chi connectivity index (χ3n) is 4.52. The predicted octanol–water partition coefficient (Wildman–Crippen LogP) is 0.760. The Balaban J connectivity index is 1.88. The average molecular weight is 458 g/mol. The number of rotatable bonds is 6. The smallest absolute Gasteiger partial charge is 0.458 e. The molecule has 0 atom stereocenters. The van der Waals surface area contributed by atoms with Crippen LogP contribution in [0.2, 0.25) is 0 Å². The number of fused-ring (bicyclic) bond motifs is 1. The number of piperazine rings is 1. The molecule has 1 fully saturated rings. The van der Waals surface area contributed by atoms with E-state index in [-0.39, 0.29) is 28.7 Å². The first-order chi connectivity index (χ1) is 14.7. The van der Waals surface area contributed by atoms with Crippen molar-refractivity contribution in [3.8, 4) is 11.8 Å². The number of nitrogens with one attached hydrogen (secondary N) is 1. The Labute approximate surface area is 180 Å². The number of carbonyl (C=O) groups is 1. The summed E-state index contributed by atoms with van der Waals surface area (Å²) in [5.41, 5.74) is 0.211. The topological polar surface area (TPSA) is 94.3 Å². The summed E-state index contributed by atoms with van der Waals surface area (Å²) in [4.78, 5) is 34.9. The van der Waals surface area contributed by atoms with Crippen LogP contribution in [0.5, 0.6) is 0 Å². The minimum atomic E-state index is -5.04. The predicted molar refractivity (Wildman–Crippen MR) is 109 cm³/mol. The zero-order valence-electron chi connectivity index (χ0n) is 17.0. The minimum absolute atomic E-state index is 0.000275. The van der Waals surface area contributed by atoms with E-state index >= 15 is 0 Å². The Kier molecular flexibility index (Phi) is 7.11. The normalized spacial score (nSPS) is 14.4. The number of nitrogens with zero attached hydrogens (tertiary/aromatic N) is 5. The first-order valence-corrected chi connectivity index (χ1v) is 10.4. The van der Waals surface area contributed by atoms with Crippen LogP contribution >= 0.6 is 11.8 Å². The minimum Gasteiger partial charge on any atom is -0.458 e. The molecule has 9 nitrogen and oxygen atoms in total. The van der Waals surface area contributed by atoms with Gasteiger partial charge in [0.25, 0.3) is 5.56 Å². The van der Waals surface area contributed by atoms with Crippen LogP contribution in [0.1, 0.15) is 6.92 Å². The van der Waals surface area contributed by atoms with E-state index in [2.05, 4.69) is 36.8 Å². The molecule has 1 aliphatic heterocycles. The van der Waals surface area contributed by atoms with E-state index in [9.17, 15) is 22.8 Å². The second-order valence-electron chi connectivity index (χ2n) is 6.57. The Morgan fingerprint density at radius 2 is 2.00 bits per heavy atom. The SMILES string of the molecule is CC#CCn1c(N2CCNCC2)nc2nc(SCCOC(=O)C(F)(F)F)n(C)c(=O)c21. The van der Waals surface area contributed by atoms with Crippen molar-refractivity contribution in [1.29, 1.82) is 0 Å². The molecule has 168 valence electrons. The number of imidazole rings is 1. The van der Waals surface area contributed by atoms with Crippen molar-refractivity contribution >= 4 is 34.8 Å². The van der Waals surface area contributed by atoms with Gasteiger partial charge in [0.05, 0.1) is 6.54 Å². The van der Waals surface area contributed by atoms with Crippen LogP contribution in [-0.2, 0) is 23.1 Å². The van der Waals surface area contributed by atoms with Gasteiger partial charge in [-0.1, -0.05) is 17.7 Å². The molecular weight excluding hydrogens is 437 g/mol. The van der Waals surface area contributed by atoms with Crippen molar-refractivity contribution in [3.63, 3.8) is 0 Å². The molecule has 0 aromatic carbocycles. The zero-order valence-corrected chi connectivity index (χ0v) is 17.8. The number of hydrogen-bond donors (Lipinski definition) is 1. The first-order valence-electron chi connectivity index (χ1n) is 9.43. The first kappa shape index (κ1) is 23.0. The van der Waals surface area contributed by atoms with Gasteiger partial charge in [-0.05, 0) is 6.92 Å². The second-order valence-corrected chi connectivity index (χ2v) is 7.64. The lowest BCUT2D eigenvalue weighted by Crippen LogP contribution is -2.44. The van der Waals surface area contributed by atoms with E-state index in [4.69, 9.17) is 0 Å². The highest BCUT2D eigenvalue weighted by Crippen LogP contribution is 2.23. The van der Waals surface area contributed by atoms with Gasteiger partial charge in [0.1, 0.15) is 6.61 Å². The molecule has 0 unspecified atom stereocenters. The standard InChI is InChI=1S/C18H21F3N6O3S/c1-3-4-7-27-12-13(23-16(27)26-8-5-22-6-9-26)24-17(25(2)14(12)28)31-11-10-30-15(29)18(19,20)21/h22H,5-11H2,1-2H3. The number of aromatic nitrogens is 4. The monoisotopic (exact) mass is 458 g/mol. The third-order valence-corrected chi connectivity index (χ3v) is 5.51. The summed E-state index contributed by atoms with van der Waals surface area (Å²) >= 11 is 1.00. The number of alkyl halides is 3. The van der Waals surface area contributed by atoms with Crippen molar-refractivity contribution in [2.24, 2.45) is 7.05 Å². The molecule has 0 radical (unpaired) electrons. The number of esters is 1. The number of hydrogen-bond acceptors (Lipinski definition) is 8. The molecule has 0 aliphatic carbocycles. The summed E-state index contributed by atoms with van der Waals surface area (Å²) in [7, 11) is 1.52. The van der Waals surface area contributed by atoms with Gasteiger partial charge in [0.15, 0.2) is 16.3 Å². The lowest BCUT2D eigenvalue weighted by Gasteiger charge is -2.28. The highest BCUT2D eigenvalue weighted by atomic mass is 32.2. The molecule has 0 amide bonds. The van der Waals surface area contributed by atoms with Gasteiger partial charge in [-0.25, -0.2) is 9.78 Å². The fraction of sp³-hybridized carbons (Fsp3) is 0.556. The molecule has 2 aromatic rings. The summed E-state index contributed by atoms with van der Waals surface area (Å²) < 4.78 is 43.8. The zero-order chi connectivity index (χ0) is 22.6. The molecule has 1 saturated heterocycles. The van der Waals surface area contributed by atoms with Gasteiger partial charge in [0, 0.05) is 39.0 Å². The Bertz CT molecular complexity index is 1080. The molecule has 1 N–H and O–H groups in total. The van der Waals surface area contributed by atoms with Crippen molar-refractivity contribution in [2.45, 2.75) is 24.8 Å². The molecule has 13 heteroatoms. The summed E-state index contributed by atoms with van der Waals surface area (Å²) in [5.74, 6) is 4.13. The fourth-order valence-electron chi connectivity index (χ4n) is 3.02. The number of anilines is 1. The number of halogens is 3. The van der Waals surface area contributed by atoms with Crippen LogP contribution in [-0.4, -0.2) is 69.8 Å². The number of thioether (sulfide) groups is 1. The van der Waals surface area contributed by atoms with Gasteiger partial charge in [-0.2, -0.15) is 18.2 Å². The molecule has 0 bridgehead atoms. The molecule has 31 heavy (non-hydrogen) atoms. The fourth-order valence-corrected chi connectivity index (χ4v) is 3.80. The van der Waals surface area contributed by atoms with Crippen LogP contribution in [0.15, 0.2) is 9.95 Å². The summed E-state index contributed by atoms with van der Waals surface area (Å²) in [5, 5.41) is 3.52. The Morgan fingerprint density at radius 1 is 1.29 bits per heavy atom. The molecule has 3 heterocycles. The maximum atomic E-state index is 13.0. The van der Waals surface area contributed by atoms with E-state index in [0.29, 0.717) is 11.5 Å². The lowest BCUT2D eigenvalue weighted by molar-refractivity contribution is -0.199. The maximum Gasteiger partial charge on any atom is 0.490 e. The molecule has 1 aliphatic rings. The molecule has 0 saturated carbocycles. The van der Waals surface area contributed by atoms with Gasteiger partial charge in [0.2, 0.25) is 5.95 Å². The Hall–Kier alpha value is -2.72. The van der Waals surface area contributed by atoms with Gasteiger partial charge in [-0.15, -0.1) is 5.92 Å². The van der Waals surface area contributed by atoms with E-state index in [1.807, 2.05) is 0 Å². The van der Waals surface area contributed by atoms with Crippen molar-refractivity contribution in [1.82, 2.24) is 24.4 Å². The molecular formula is C18H21F3N6O3S. The van der Waals surface area contributed by atoms with Crippen molar-refractivity contribution in [3.05, 3.63) is 10.4 Å². The van der Waals surface area contributed by atoms with Gasteiger partial charge >= 0.3 is 12.1 Å². The quantitative estimate of drug-likeness (QED) is 0.223. The molecule has 0 spiro atoms. The van der Waals surface area contributed by atoms with Crippen LogP contribution in [0, 0.1) is 11.8 Å². The average Bonchev–Trinajstić information content (AvgIpc) is 3.11. The van der Waals surface area contributed by atoms with Crippen LogP contribution in [0.4, 0.5) is 19.1 Å². The van der Waals surface area contributed by atoms with Gasteiger partial charge in [-0.3, -0.25) is 13.9 Å². The highest BCUT2D eigenvalue weighted by molar-refractivity contribution is 7.99. The summed E-state index contributed by atoms with van der Waals surface area (Å²) in [6.07, 6.45) is -5.04. The third kappa shape index (κ3) is 5.13. The molecule has 3 rings (SSSR count). The van der Waals surface area contributed by atoms with Crippen LogP contribution in [0.25, 0.3) is 11.2 Å². The van der Waals surface area contributed by atoms with Crippen molar-refractivity contribution in [2.75, 3.05) is 43.4 Å². The lowest BCUT2D eigenvalue weighted by atomic mass is 10.4. The largest absolute Gasteiger partial charge is 0.490 e. The van der Waals surface area contributed by atoms with Crippen LogP contribution < -0.4 is 15.8 Å². The van der Waals surface area contributed by atoms with E-state index < -0.39 is 18.8 Å².